The monoisotopic (exact) mass is 312 g/mol. The van der Waals surface area contributed by atoms with Gasteiger partial charge in [-0.05, 0) is 31.5 Å². The third kappa shape index (κ3) is 3.36. The van der Waals surface area contributed by atoms with Gasteiger partial charge in [-0.15, -0.1) is 0 Å². The van der Waals surface area contributed by atoms with E-state index in [-0.39, 0.29) is 12.1 Å². The third-order valence-corrected chi connectivity index (χ3v) is 3.51. The molecule has 0 saturated carbocycles. The van der Waals surface area contributed by atoms with E-state index >= 15 is 0 Å². The maximum atomic E-state index is 12.5. The molecule has 1 aromatic carbocycles. The van der Waals surface area contributed by atoms with E-state index in [1.807, 2.05) is 0 Å². The van der Waals surface area contributed by atoms with Gasteiger partial charge >= 0.3 is 6.18 Å². The first-order chi connectivity index (χ1) is 10.2. The molecule has 0 aliphatic rings. The summed E-state index contributed by atoms with van der Waals surface area (Å²) in [5.41, 5.74) is 0.317. The first-order valence-electron chi connectivity index (χ1n) is 6.58. The summed E-state index contributed by atoms with van der Waals surface area (Å²) in [6.45, 7) is 3.26. The number of aryl methyl sites for hydroxylation is 1. The molecule has 0 unspecified atom stereocenters. The van der Waals surface area contributed by atoms with Crippen LogP contribution in [0.2, 0.25) is 0 Å². The second-order valence-electron chi connectivity index (χ2n) is 5.05. The molecule has 4 nitrogen and oxygen atoms in total. The lowest BCUT2D eigenvalue weighted by Crippen LogP contribution is -2.26. The lowest BCUT2D eigenvalue weighted by Gasteiger charge is -2.14. The van der Waals surface area contributed by atoms with Crippen LogP contribution in [0.1, 0.15) is 28.5 Å². The number of halogens is 3. The van der Waals surface area contributed by atoms with Crippen molar-refractivity contribution in [2.24, 2.45) is 0 Å². The molecule has 0 spiro atoms. The average Bonchev–Trinajstić information content (AvgIpc) is 2.47. The molecule has 1 heterocycles. The number of rotatable bonds is 3. The van der Waals surface area contributed by atoms with Crippen LogP contribution in [-0.4, -0.2) is 14.7 Å². The van der Waals surface area contributed by atoms with Crippen molar-refractivity contribution >= 4 is 0 Å². The fraction of sp³-hybridized carbons (Fsp3) is 0.333. The van der Waals surface area contributed by atoms with E-state index in [1.54, 1.807) is 13.8 Å². The van der Waals surface area contributed by atoms with Crippen molar-refractivity contribution in [3.05, 3.63) is 63.3 Å². The van der Waals surface area contributed by atoms with Crippen molar-refractivity contribution < 1.29 is 18.3 Å². The highest BCUT2D eigenvalue weighted by Gasteiger charge is 2.30. The second-order valence-corrected chi connectivity index (χ2v) is 5.05. The van der Waals surface area contributed by atoms with Crippen LogP contribution in [0.25, 0.3) is 0 Å². The van der Waals surface area contributed by atoms with Crippen LogP contribution >= 0.6 is 0 Å². The number of aromatic nitrogens is 2. The molecule has 2 rings (SSSR count). The molecule has 1 N–H and O–H groups in total. The maximum Gasteiger partial charge on any atom is 0.416 e. The van der Waals surface area contributed by atoms with Gasteiger partial charge in [0.2, 0.25) is 0 Å². The minimum Gasteiger partial charge on any atom is -0.387 e. The van der Waals surface area contributed by atoms with Crippen LogP contribution in [0.4, 0.5) is 13.2 Å². The first kappa shape index (κ1) is 16.2. The fourth-order valence-corrected chi connectivity index (χ4v) is 1.99. The lowest BCUT2D eigenvalue weighted by molar-refractivity contribution is -0.137. The van der Waals surface area contributed by atoms with Crippen molar-refractivity contribution in [1.82, 2.24) is 9.55 Å². The summed E-state index contributed by atoms with van der Waals surface area (Å²) in [5, 5.41) is 10.1. The second kappa shape index (κ2) is 5.92. The molecule has 22 heavy (non-hydrogen) atoms. The van der Waals surface area contributed by atoms with Gasteiger partial charge in [-0.25, -0.2) is 4.98 Å². The van der Waals surface area contributed by atoms with Crippen LogP contribution in [-0.2, 0) is 12.7 Å². The number of nitrogens with zero attached hydrogens (tertiary/aromatic N) is 2. The Morgan fingerprint density at radius 1 is 1.23 bits per heavy atom. The molecule has 0 bridgehead atoms. The molecule has 0 aliphatic heterocycles. The zero-order valence-electron chi connectivity index (χ0n) is 12.1. The summed E-state index contributed by atoms with van der Waals surface area (Å²) in [5.74, 6) is 0. The molecule has 0 fully saturated rings. The minimum absolute atomic E-state index is 0.0711. The largest absolute Gasteiger partial charge is 0.416 e. The summed E-state index contributed by atoms with van der Waals surface area (Å²) in [6.07, 6.45) is -4.19. The molecule has 118 valence electrons. The molecule has 0 saturated heterocycles. The van der Waals surface area contributed by atoms with Crippen molar-refractivity contribution in [3.8, 4) is 0 Å². The van der Waals surface area contributed by atoms with Crippen LogP contribution in [0.15, 0.2) is 35.4 Å². The van der Waals surface area contributed by atoms with Gasteiger partial charge in [0.15, 0.2) is 0 Å². The van der Waals surface area contributed by atoms with E-state index in [0.29, 0.717) is 16.8 Å². The standard InChI is InChI=1S/C15H15F3N2O2/c1-9-10(2)19-8-20(14(9)22)7-13(21)11-3-5-12(6-4-11)15(16,17)18/h3-6,8,13,21H,7H2,1-2H3/t13-/m0/s1. The topological polar surface area (TPSA) is 55.1 Å². The first-order valence-corrected chi connectivity index (χ1v) is 6.58. The highest BCUT2D eigenvalue weighted by atomic mass is 19.4. The number of aliphatic hydroxyl groups is 1. The normalized spacial score (nSPS) is 13.2. The quantitative estimate of drug-likeness (QED) is 0.948. The van der Waals surface area contributed by atoms with Crippen molar-refractivity contribution in [3.63, 3.8) is 0 Å². The van der Waals surface area contributed by atoms with Gasteiger partial charge < -0.3 is 5.11 Å². The summed E-state index contributed by atoms with van der Waals surface area (Å²) >= 11 is 0. The molecule has 1 aromatic heterocycles. The maximum absolute atomic E-state index is 12.5. The van der Waals surface area contributed by atoms with E-state index in [2.05, 4.69) is 4.98 Å². The third-order valence-electron chi connectivity index (χ3n) is 3.51. The Hall–Kier alpha value is -2.15. The number of alkyl halides is 3. The van der Waals surface area contributed by atoms with Crippen LogP contribution in [0.3, 0.4) is 0 Å². The van der Waals surface area contributed by atoms with Gasteiger partial charge in [0.25, 0.3) is 5.56 Å². The van der Waals surface area contributed by atoms with Gasteiger partial charge in [0.05, 0.1) is 24.5 Å². The highest BCUT2D eigenvalue weighted by molar-refractivity contribution is 5.26. The number of hydrogen-bond acceptors (Lipinski definition) is 3. The summed E-state index contributed by atoms with van der Waals surface area (Å²) in [6, 6.07) is 4.21. The Morgan fingerprint density at radius 3 is 2.36 bits per heavy atom. The van der Waals surface area contributed by atoms with Crippen LogP contribution in [0.5, 0.6) is 0 Å². The van der Waals surface area contributed by atoms with Gasteiger partial charge in [-0.1, -0.05) is 12.1 Å². The number of benzene rings is 1. The Balaban J connectivity index is 2.21. The van der Waals surface area contributed by atoms with Crippen LogP contribution in [0, 0.1) is 13.8 Å². The zero-order chi connectivity index (χ0) is 16.5. The van der Waals surface area contributed by atoms with Gasteiger partial charge in [0, 0.05) is 11.3 Å². The Labute approximate surface area is 124 Å². The molecule has 0 radical (unpaired) electrons. The average molecular weight is 312 g/mol. The van der Waals surface area contributed by atoms with Crippen LogP contribution < -0.4 is 5.56 Å². The molecular weight excluding hydrogens is 297 g/mol. The van der Waals surface area contributed by atoms with E-state index in [9.17, 15) is 23.1 Å². The predicted molar refractivity (Wildman–Crippen MR) is 74.4 cm³/mol. The zero-order valence-corrected chi connectivity index (χ0v) is 12.1. The smallest absolute Gasteiger partial charge is 0.387 e. The predicted octanol–water partition coefficient (Wildman–Crippen LogP) is 2.61. The van der Waals surface area contributed by atoms with Gasteiger partial charge in [-0.2, -0.15) is 13.2 Å². The minimum atomic E-state index is -4.42. The number of aliphatic hydroxyl groups excluding tert-OH is 1. The molecule has 7 heteroatoms. The van der Waals surface area contributed by atoms with Crippen molar-refractivity contribution in [2.45, 2.75) is 32.7 Å². The SMILES string of the molecule is Cc1ncn(C[C@H](O)c2ccc(C(F)(F)F)cc2)c(=O)c1C. The van der Waals surface area contributed by atoms with Crippen molar-refractivity contribution in [1.29, 1.82) is 0 Å². The summed E-state index contributed by atoms with van der Waals surface area (Å²) < 4.78 is 38.7. The summed E-state index contributed by atoms with van der Waals surface area (Å²) in [7, 11) is 0. The van der Waals surface area contributed by atoms with Crippen molar-refractivity contribution in [2.75, 3.05) is 0 Å². The molecule has 2 aromatic rings. The lowest BCUT2D eigenvalue weighted by atomic mass is 10.1. The van der Waals surface area contributed by atoms with E-state index in [0.717, 1.165) is 12.1 Å². The summed E-state index contributed by atoms with van der Waals surface area (Å²) in [4.78, 5) is 16.0. The van der Waals surface area contributed by atoms with E-state index in [1.165, 1.54) is 23.0 Å². The molecule has 1 atom stereocenters. The molecular formula is C15H15F3N2O2. The Morgan fingerprint density at radius 2 is 1.82 bits per heavy atom. The fourth-order valence-electron chi connectivity index (χ4n) is 1.99. The highest BCUT2D eigenvalue weighted by Crippen LogP contribution is 2.30. The Kier molecular flexibility index (Phi) is 4.37. The van der Waals surface area contributed by atoms with Gasteiger partial charge in [-0.3, -0.25) is 9.36 Å². The van der Waals surface area contributed by atoms with E-state index in [4.69, 9.17) is 0 Å². The number of hydrogen-bond donors (Lipinski definition) is 1. The Bertz CT molecular complexity index is 721. The van der Waals surface area contributed by atoms with E-state index < -0.39 is 17.8 Å². The molecule has 0 amide bonds. The van der Waals surface area contributed by atoms with Gasteiger partial charge in [0.1, 0.15) is 0 Å². The molecule has 0 aliphatic carbocycles.